The van der Waals surface area contributed by atoms with Crippen LogP contribution in [0.25, 0.3) is 0 Å². The number of benzene rings is 1. The summed E-state index contributed by atoms with van der Waals surface area (Å²) in [6.07, 6.45) is 1.59. The number of nitrogens with zero attached hydrogens (tertiary/aromatic N) is 1. The first-order chi connectivity index (χ1) is 8.66. The molecule has 0 amide bonds. The molecule has 92 valence electrons. The number of hydrogen-bond donors (Lipinski definition) is 1. The summed E-state index contributed by atoms with van der Waals surface area (Å²) in [4.78, 5) is 15.1. The quantitative estimate of drug-likeness (QED) is 0.896. The number of carboxylic acid groups (broad SMARTS) is 1. The highest BCUT2D eigenvalue weighted by Gasteiger charge is 2.13. The summed E-state index contributed by atoms with van der Waals surface area (Å²) in [6.45, 7) is 2.09. The number of aryl methyl sites for hydroxylation is 1. The largest absolute Gasteiger partial charge is 0.477 e. The Kier molecular flexibility index (Phi) is 3.57. The SMILES string of the molecule is Cc1cnc(OCc2ccccc2)c(C(=O)O)c1. The Balaban J connectivity index is 2.17. The van der Waals surface area contributed by atoms with E-state index in [1.54, 1.807) is 19.2 Å². The van der Waals surface area contributed by atoms with Crippen molar-refractivity contribution in [2.24, 2.45) is 0 Å². The fourth-order valence-electron chi connectivity index (χ4n) is 1.55. The Morgan fingerprint density at radius 1 is 1.33 bits per heavy atom. The summed E-state index contributed by atoms with van der Waals surface area (Å²) in [5.41, 5.74) is 1.85. The molecule has 18 heavy (non-hydrogen) atoms. The molecule has 0 fully saturated rings. The Morgan fingerprint density at radius 3 is 2.72 bits per heavy atom. The normalized spacial score (nSPS) is 10.1. The van der Waals surface area contributed by atoms with Gasteiger partial charge in [-0.05, 0) is 24.1 Å². The second-order valence-electron chi connectivity index (χ2n) is 3.94. The standard InChI is InChI=1S/C14H13NO3/c1-10-7-12(14(16)17)13(15-8-10)18-9-11-5-3-2-4-6-11/h2-8H,9H2,1H3,(H,16,17). The molecule has 0 aliphatic carbocycles. The van der Waals surface area contributed by atoms with E-state index in [4.69, 9.17) is 9.84 Å². The molecule has 2 rings (SSSR count). The molecule has 2 aromatic rings. The van der Waals surface area contributed by atoms with Crippen molar-refractivity contribution in [1.29, 1.82) is 0 Å². The van der Waals surface area contributed by atoms with Crippen LogP contribution in [0.1, 0.15) is 21.5 Å². The molecule has 0 spiro atoms. The molecule has 0 saturated heterocycles. The van der Waals surface area contributed by atoms with Gasteiger partial charge in [0.1, 0.15) is 12.2 Å². The summed E-state index contributed by atoms with van der Waals surface area (Å²) in [7, 11) is 0. The molecule has 1 N–H and O–H groups in total. The van der Waals surface area contributed by atoms with Gasteiger partial charge in [-0.2, -0.15) is 0 Å². The average molecular weight is 243 g/mol. The van der Waals surface area contributed by atoms with Crippen molar-refractivity contribution < 1.29 is 14.6 Å². The second kappa shape index (κ2) is 5.31. The lowest BCUT2D eigenvalue weighted by Crippen LogP contribution is -2.05. The van der Waals surface area contributed by atoms with Crippen molar-refractivity contribution in [3.05, 3.63) is 59.3 Å². The van der Waals surface area contributed by atoms with Crippen LogP contribution in [0.15, 0.2) is 42.6 Å². The van der Waals surface area contributed by atoms with Crippen molar-refractivity contribution in [3.63, 3.8) is 0 Å². The molecule has 0 radical (unpaired) electrons. The van der Waals surface area contributed by atoms with Crippen LogP contribution >= 0.6 is 0 Å². The molecule has 4 nitrogen and oxygen atoms in total. The third kappa shape index (κ3) is 2.85. The number of carboxylic acids is 1. The van der Waals surface area contributed by atoms with Crippen LogP contribution in [0.5, 0.6) is 5.88 Å². The first-order valence-corrected chi connectivity index (χ1v) is 5.53. The maximum absolute atomic E-state index is 11.1. The smallest absolute Gasteiger partial charge is 0.341 e. The summed E-state index contributed by atoms with van der Waals surface area (Å²) in [5.74, 6) is -0.883. The lowest BCUT2D eigenvalue weighted by atomic mass is 10.2. The fraction of sp³-hybridized carbons (Fsp3) is 0.143. The molecule has 0 bridgehead atoms. The van der Waals surface area contributed by atoms with Gasteiger partial charge in [0.15, 0.2) is 0 Å². The maximum Gasteiger partial charge on any atom is 0.341 e. The zero-order valence-electron chi connectivity index (χ0n) is 9.96. The number of rotatable bonds is 4. The molecule has 4 heteroatoms. The number of ether oxygens (including phenoxy) is 1. The number of aromatic carboxylic acids is 1. The highest BCUT2D eigenvalue weighted by Crippen LogP contribution is 2.17. The van der Waals surface area contributed by atoms with E-state index in [9.17, 15) is 4.79 Å². The molecule has 1 aromatic carbocycles. The predicted octanol–water partition coefficient (Wildman–Crippen LogP) is 2.67. The van der Waals surface area contributed by atoms with Gasteiger partial charge in [0.25, 0.3) is 0 Å². The van der Waals surface area contributed by atoms with E-state index in [1.165, 1.54) is 0 Å². The van der Waals surface area contributed by atoms with Gasteiger partial charge >= 0.3 is 5.97 Å². The Morgan fingerprint density at radius 2 is 2.06 bits per heavy atom. The third-order valence-corrected chi connectivity index (χ3v) is 2.44. The highest BCUT2D eigenvalue weighted by atomic mass is 16.5. The predicted molar refractivity (Wildman–Crippen MR) is 66.7 cm³/mol. The van der Waals surface area contributed by atoms with E-state index in [0.717, 1.165) is 11.1 Å². The fourth-order valence-corrected chi connectivity index (χ4v) is 1.55. The van der Waals surface area contributed by atoms with Gasteiger partial charge in [0.2, 0.25) is 5.88 Å². The van der Waals surface area contributed by atoms with Crippen LogP contribution in [0, 0.1) is 6.92 Å². The van der Waals surface area contributed by atoms with Crippen molar-refractivity contribution >= 4 is 5.97 Å². The maximum atomic E-state index is 11.1. The molecular formula is C14H13NO3. The van der Waals surface area contributed by atoms with Crippen LogP contribution < -0.4 is 4.74 Å². The van der Waals surface area contributed by atoms with E-state index in [-0.39, 0.29) is 11.4 Å². The van der Waals surface area contributed by atoms with Gasteiger partial charge in [-0.15, -0.1) is 0 Å². The van der Waals surface area contributed by atoms with Gasteiger partial charge in [0, 0.05) is 6.20 Å². The first-order valence-electron chi connectivity index (χ1n) is 5.53. The van der Waals surface area contributed by atoms with E-state index < -0.39 is 5.97 Å². The highest BCUT2D eigenvalue weighted by molar-refractivity contribution is 5.90. The van der Waals surface area contributed by atoms with Gasteiger partial charge in [0.05, 0.1) is 0 Å². The zero-order chi connectivity index (χ0) is 13.0. The molecule has 0 aliphatic heterocycles. The molecule has 0 atom stereocenters. The minimum Gasteiger partial charge on any atom is -0.477 e. The van der Waals surface area contributed by atoms with E-state index >= 15 is 0 Å². The van der Waals surface area contributed by atoms with E-state index in [0.29, 0.717) is 6.61 Å². The van der Waals surface area contributed by atoms with Crippen molar-refractivity contribution in [1.82, 2.24) is 4.98 Å². The second-order valence-corrected chi connectivity index (χ2v) is 3.94. The van der Waals surface area contributed by atoms with Crippen LogP contribution in [0.3, 0.4) is 0 Å². The van der Waals surface area contributed by atoms with Gasteiger partial charge in [-0.1, -0.05) is 30.3 Å². The van der Waals surface area contributed by atoms with Gasteiger partial charge < -0.3 is 9.84 Å². The summed E-state index contributed by atoms with van der Waals surface area (Å²) in [5, 5.41) is 9.07. The van der Waals surface area contributed by atoms with Crippen LogP contribution in [0.4, 0.5) is 0 Å². The molecule has 1 aromatic heterocycles. The lowest BCUT2D eigenvalue weighted by Gasteiger charge is -2.08. The van der Waals surface area contributed by atoms with Crippen molar-refractivity contribution in [2.45, 2.75) is 13.5 Å². The number of carbonyl (C=O) groups is 1. The number of hydrogen-bond acceptors (Lipinski definition) is 3. The van der Waals surface area contributed by atoms with Gasteiger partial charge in [-0.25, -0.2) is 9.78 Å². The summed E-state index contributed by atoms with van der Waals surface area (Å²) < 4.78 is 5.45. The van der Waals surface area contributed by atoms with E-state index in [1.807, 2.05) is 30.3 Å². The Bertz CT molecular complexity index is 552. The van der Waals surface area contributed by atoms with Crippen molar-refractivity contribution in [2.75, 3.05) is 0 Å². The number of aromatic nitrogens is 1. The Hall–Kier alpha value is -2.36. The molecule has 1 heterocycles. The minimum absolute atomic E-state index is 0.0888. The van der Waals surface area contributed by atoms with Crippen molar-refractivity contribution in [3.8, 4) is 5.88 Å². The summed E-state index contributed by atoms with van der Waals surface area (Å²) in [6, 6.07) is 11.1. The molecular weight excluding hydrogens is 230 g/mol. The monoisotopic (exact) mass is 243 g/mol. The summed E-state index contributed by atoms with van der Waals surface area (Å²) >= 11 is 0. The van der Waals surface area contributed by atoms with Crippen LogP contribution in [-0.2, 0) is 6.61 Å². The minimum atomic E-state index is -1.03. The van der Waals surface area contributed by atoms with Gasteiger partial charge in [-0.3, -0.25) is 0 Å². The van der Waals surface area contributed by atoms with Crippen LogP contribution in [-0.4, -0.2) is 16.1 Å². The number of pyridine rings is 1. The Labute approximate surface area is 105 Å². The zero-order valence-corrected chi connectivity index (χ0v) is 9.96. The molecule has 0 saturated carbocycles. The first kappa shape index (κ1) is 12.1. The molecule has 0 unspecified atom stereocenters. The molecule has 0 aliphatic rings. The lowest BCUT2D eigenvalue weighted by molar-refractivity contribution is 0.0690. The van der Waals surface area contributed by atoms with Crippen LogP contribution in [0.2, 0.25) is 0 Å². The van der Waals surface area contributed by atoms with E-state index in [2.05, 4.69) is 4.98 Å². The topological polar surface area (TPSA) is 59.4 Å². The third-order valence-electron chi connectivity index (χ3n) is 2.44. The average Bonchev–Trinajstić information content (AvgIpc) is 2.38.